The van der Waals surface area contributed by atoms with Crippen molar-refractivity contribution in [1.29, 1.82) is 0 Å². The maximum Gasteiger partial charge on any atom is 0.219 e. The van der Waals surface area contributed by atoms with Gasteiger partial charge >= 0.3 is 0 Å². The standard InChI is InChI=1S/C15H20F2N2O/c1-10(12-7-13(16)9-14(17)8-12)18-15-3-5-19(6-4-15)11(2)20/h7-10,15,18H,3-6H2,1-2H3. The maximum atomic E-state index is 13.2. The molecule has 0 bridgehead atoms. The van der Waals surface area contributed by atoms with Crippen LogP contribution in [0.4, 0.5) is 8.78 Å². The van der Waals surface area contributed by atoms with Gasteiger partial charge in [-0.1, -0.05) is 0 Å². The average Bonchev–Trinajstić information content (AvgIpc) is 2.38. The molecule has 1 heterocycles. The number of halogens is 2. The van der Waals surface area contributed by atoms with Crippen molar-refractivity contribution in [2.24, 2.45) is 0 Å². The summed E-state index contributed by atoms with van der Waals surface area (Å²) in [6.45, 7) is 4.94. The lowest BCUT2D eigenvalue weighted by Crippen LogP contribution is -2.44. The predicted molar refractivity (Wildman–Crippen MR) is 73.2 cm³/mol. The van der Waals surface area contributed by atoms with Crippen molar-refractivity contribution in [3.05, 3.63) is 35.4 Å². The number of hydrogen-bond acceptors (Lipinski definition) is 2. The monoisotopic (exact) mass is 282 g/mol. The third-order valence-corrected chi connectivity index (χ3v) is 3.81. The van der Waals surface area contributed by atoms with E-state index in [9.17, 15) is 13.6 Å². The van der Waals surface area contributed by atoms with E-state index in [1.165, 1.54) is 12.1 Å². The Balaban J connectivity index is 1.92. The van der Waals surface area contributed by atoms with Gasteiger partial charge in [-0.3, -0.25) is 4.79 Å². The molecule has 110 valence electrons. The molecule has 1 atom stereocenters. The Morgan fingerprint density at radius 1 is 1.25 bits per heavy atom. The van der Waals surface area contributed by atoms with Gasteiger partial charge in [0, 0.05) is 38.2 Å². The van der Waals surface area contributed by atoms with Crippen LogP contribution in [0.5, 0.6) is 0 Å². The molecule has 1 aromatic carbocycles. The molecular formula is C15H20F2N2O. The Morgan fingerprint density at radius 3 is 2.30 bits per heavy atom. The molecule has 1 aromatic rings. The van der Waals surface area contributed by atoms with Gasteiger partial charge in [0.25, 0.3) is 0 Å². The van der Waals surface area contributed by atoms with E-state index in [1.807, 2.05) is 11.8 Å². The van der Waals surface area contributed by atoms with Crippen LogP contribution in [-0.2, 0) is 4.79 Å². The molecule has 1 N–H and O–H groups in total. The van der Waals surface area contributed by atoms with E-state index in [-0.39, 0.29) is 18.0 Å². The summed E-state index contributed by atoms with van der Waals surface area (Å²) in [5, 5.41) is 3.38. The Kier molecular flexibility index (Phi) is 4.70. The van der Waals surface area contributed by atoms with E-state index in [0.717, 1.165) is 32.0 Å². The highest BCUT2D eigenvalue weighted by atomic mass is 19.1. The summed E-state index contributed by atoms with van der Waals surface area (Å²) >= 11 is 0. The molecule has 1 fully saturated rings. The molecule has 1 amide bonds. The first kappa shape index (κ1) is 14.9. The number of nitrogens with one attached hydrogen (secondary N) is 1. The van der Waals surface area contributed by atoms with E-state index in [1.54, 1.807) is 6.92 Å². The van der Waals surface area contributed by atoms with Gasteiger partial charge in [0.15, 0.2) is 0 Å². The number of carbonyl (C=O) groups is 1. The number of amides is 1. The van der Waals surface area contributed by atoms with Gasteiger partial charge in [0.1, 0.15) is 11.6 Å². The molecule has 1 unspecified atom stereocenters. The van der Waals surface area contributed by atoms with Crippen LogP contribution in [0.1, 0.15) is 38.3 Å². The van der Waals surface area contributed by atoms with Crippen LogP contribution in [0.2, 0.25) is 0 Å². The highest BCUT2D eigenvalue weighted by molar-refractivity contribution is 5.73. The van der Waals surface area contributed by atoms with Gasteiger partial charge in [0.2, 0.25) is 5.91 Å². The van der Waals surface area contributed by atoms with Crippen molar-refractivity contribution < 1.29 is 13.6 Å². The van der Waals surface area contributed by atoms with Gasteiger partial charge in [-0.15, -0.1) is 0 Å². The van der Waals surface area contributed by atoms with Crippen molar-refractivity contribution in [2.45, 2.75) is 38.8 Å². The summed E-state index contributed by atoms with van der Waals surface area (Å²) < 4.78 is 26.4. The van der Waals surface area contributed by atoms with E-state index in [0.29, 0.717) is 5.56 Å². The summed E-state index contributed by atoms with van der Waals surface area (Å²) in [7, 11) is 0. The lowest BCUT2D eigenvalue weighted by molar-refractivity contribution is -0.129. The smallest absolute Gasteiger partial charge is 0.219 e. The normalized spacial score (nSPS) is 18.1. The molecule has 0 saturated carbocycles. The second-order valence-electron chi connectivity index (χ2n) is 5.37. The number of likely N-dealkylation sites (tertiary alicyclic amines) is 1. The highest BCUT2D eigenvalue weighted by Gasteiger charge is 2.22. The fourth-order valence-corrected chi connectivity index (χ4v) is 2.64. The molecular weight excluding hydrogens is 262 g/mol. The Labute approximate surface area is 118 Å². The molecule has 0 aliphatic carbocycles. The second kappa shape index (κ2) is 6.31. The zero-order valence-corrected chi connectivity index (χ0v) is 11.8. The molecule has 0 radical (unpaired) electrons. The molecule has 1 aliphatic rings. The molecule has 3 nitrogen and oxygen atoms in total. The zero-order valence-electron chi connectivity index (χ0n) is 11.8. The number of benzene rings is 1. The molecule has 1 saturated heterocycles. The summed E-state index contributed by atoms with van der Waals surface area (Å²) in [6.07, 6.45) is 1.73. The molecule has 0 spiro atoms. The van der Waals surface area contributed by atoms with Crippen molar-refractivity contribution in [2.75, 3.05) is 13.1 Å². The maximum absolute atomic E-state index is 13.2. The summed E-state index contributed by atoms with van der Waals surface area (Å²) in [5.41, 5.74) is 0.608. The van der Waals surface area contributed by atoms with Crippen LogP contribution in [-0.4, -0.2) is 29.9 Å². The molecule has 1 aliphatic heterocycles. The fourth-order valence-electron chi connectivity index (χ4n) is 2.64. The number of piperidine rings is 1. The topological polar surface area (TPSA) is 32.3 Å². The quantitative estimate of drug-likeness (QED) is 0.924. The number of nitrogens with zero attached hydrogens (tertiary/aromatic N) is 1. The van der Waals surface area contributed by atoms with Crippen molar-refractivity contribution in [3.63, 3.8) is 0 Å². The SMILES string of the molecule is CC(=O)N1CCC(NC(C)c2cc(F)cc(F)c2)CC1. The third-order valence-electron chi connectivity index (χ3n) is 3.81. The van der Waals surface area contributed by atoms with E-state index >= 15 is 0 Å². The van der Waals surface area contributed by atoms with Crippen LogP contribution in [0.25, 0.3) is 0 Å². The first-order chi connectivity index (χ1) is 9.45. The fraction of sp³-hybridized carbons (Fsp3) is 0.533. The Morgan fingerprint density at radius 2 is 1.80 bits per heavy atom. The highest BCUT2D eigenvalue weighted by Crippen LogP contribution is 2.19. The van der Waals surface area contributed by atoms with Gasteiger partial charge < -0.3 is 10.2 Å². The van der Waals surface area contributed by atoms with Crippen molar-refractivity contribution >= 4 is 5.91 Å². The lowest BCUT2D eigenvalue weighted by Gasteiger charge is -2.33. The minimum Gasteiger partial charge on any atom is -0.343 e. The van der Waals surface area contributed by atoms with Gasteiger partial charge in [-0.25, -0.2) is 8.78 Å². The number of hydrogen-bond donors (Lipinski definition) is 1. The first-order valence-corrected chi connectivity index (χ1v) is 6.93. The zero-order chi connectivity index (χ0) is 14.7. The van der Waals surface area contributed by atoms with Gasteiger partial charge in [0.05, 0.1) is 0 Å². The average molecular weight is 282 g/mol. The third kappa shape index (κ3) is 3.76. The molecule has 0 aromatic heterocycles. The number of rotatable bonds is 3. The van der Waals surface area contributed by atoms with E-state index < -0.39 is 11.6 Å². The van der Waals surface area contributed by atoms with Gasteiger partial charge in [-0.2, -0.15) is 0 Å². The largest absolute Gasteiger partial charge is 0.343 e. The van der Waals surface area contributed by atoms with Crippen molar-refractivity contribution in [3.8, 4) is 0 Å². The minimum atomic E-state index is -0.556. The molecule has 5 heteroatoms. The van der Waals surface area contributed by atoms with Crippen LogP contribution in [0, 0.1) is 11.6 Å². The number of carbonyl (C=O) groups excluding carboxylic acids is 1. The van der Waals surface area contributed by atoms with E-state index in [4.69, 9.17) is 0 Å². The summed E-state index contributed by atoms with van der Waals surface area (Å²) in [6, 6.07) is 3.74. The second-order valence-corrected chi connectivity index (χ2v) is 5.37. The van der Waals surface area contributed by atoms with Crippen LogP contribution in [0.3, 0.4) is 0 Å². The van der Waals surface area contributed by atoms with Crippen LogP contribution >= 0.6 is 0 Å². The van der Waals surface area contributed by atoms with Crippen LogP contribution < -0.4 is 5.32 Å². The Bertz CT molecular complexity index is 465. The summed E-state index contributed by atoms with van der Waals surface area (Å²) in [4.78, 5) is 13.1. The minimum absolute atomic E-state index is 0.101. The van der Waals surface area contributed by atoms with Gasteiger partial charge in [-0.05, 0) is 37.5 Å². The first-order valence-electron chi connectivity index (χ1n) is 6.93. The molecule has 2 rings (SSSR count). The summed E-state index contributed by atoms with van der Waals surface area (Å²) in [5.74, 6) is -1.01. The Hall–Kier alpha value is -1.49. The predicted octanol–water partition coefficient (Wildman–Crippen LogP) is 2.63. The molecule has 20 heavy (non-hydrogen) atoms. The lowest BCUT2D eigenvalue weighted by atomic mass is 10.0. The van der Waals surface area contributed by atoms with Crippen LogP contribution in [0.15, 0.2) is 18.2 Å². The van der Waals surface area contributed by atoms with E-state index in [2.05, 4.69) is 5.32 Å². The van der Waals surface area contributed by atoms with Crippen molar-refractivity contribution in [1.82, 2.24) is 10.2 Å².